The smallest absolute Gasteiger partial charge is 0.256 e. The summed E-state index contributed by atoms with van der Waals surface area (Å²) < 4.78 is 11.4. The molecule has 3 amide bonds. The van der Waals surface area contributed by atoms with Crippen LogP contribution in [0.5, 0.6) is 5.75 Å². The molecule has 1 unspecified atom stereocenters. The molecule has 0 bridgehead atoms. The van der Waals surface area contributed by atoms with Crippen molar-refractivity contribution in [2.24, 2.45) is 0 Å². The summed E-state index contributed by atoms with van der Waals surface area (Å²) in [5.41, 5.74) is 3.42. The molecular weight excluding hydrogens is 422 g/mol. The van der Waals surface area contributed by atoms with Gasteiger partial charge >= 0.3 is 0 Å². The predicted molar refractivity (Wildman–Crippen MR) is 117 cm³/mol. The van der Waals surface area contributed by atoms with Gasteiger partial charge in [0.2, 0.25) is 11.8 Å². The fourth-order valence-corrected chi connectivity index (χ4v) is 4.47. The van der Waals surface area contributed by atoms with Gasteiger partial charge in [0.05, 0.1) is 25.3 Å². The van der Waals surface area contributed by atoms with Gasteiger partial charge in [-0.15, -0.1) is 0 Å². The van der Waals surface area contributed by atoms with Gasteiger partial charge in [0.15, 0.2) is 5.75 Å². The molecule has 3 aliphatic rings. The number of carbonyl (C=O) groups excluding carboxylic acids is 3. The minimum atomic E-state index is -0.658. The molecule has 3 aliphatic heterocycles. The average Bonchev–Trinajstić information content (AvgIpc) is 3.16. The van der Waals surface area contributed by atoms with Gasteiger partial charge < -0.3 is 14.4 Å². The van der Waals surface area contributed by atoms with Crippen LogP contribution >= 0.6 is 0 Å². The third-order valence-electron chi connectivity index (χ3n) is 6.32. The Bertz CT molecular complexity index is 1060. The largest absolute Gasteiger partial charge is 0.480 e. The maximum Gasteiger partial charge on any atom is 0.256 e. The lowest BCUT2D eigenvalue weighted by Crippen LogP contribution is -2.52. The van der Waals surface area contributed by atoms with E-state index in [4.69, 9.17) is 9.47 Å². The van der Waals surface area contributed by atoms with E-state index in [9.17, 15) is 14.4 Å². The van der Waals surface area contributed by atoms with E-state index in [1.54, 1.807) is 6.07 Å². The Labute approximate surface area is 192 Å². The summed E-state index contributed by atoms with van der Waals surface area (Å²) in [5, 5.41) is 2.32. The molecule has 0 spiro atoms. The van der Waals surface area contributed by atoms with Crippen LogP contribution in [-0.2, 0) is 34.0 Å². The van der Waals surface area contributed by atoms with Crippen LogP contribution in [0.3, 0.4) is 0 Å². The normalized spacial score (nSPS) is 20.9. The number of imide groups is 1. The molecule has 5 rings (SSSR count). The summed E-state index contributed by atoms with van der Waals surface area (Å²) >= 11 is 0. The lowest BCUT2D eigenvalue weighted by atomic mass is 10.0. The number of benzene rings is 1. The van der Waals surface area contributed by atoms with Crippen LogP contribution in [0.15, 0.2) is 30.3 Å². The fraction of sp³-hybridized carbons (Fsp3) is 0.400. The van der Waals surface area contributed by atoms with Crippen molar-refractivity contribution in [3.8, 4) is 5.75 Å². The number of carbonyl (C=O) groups is 3. The standard InChI is InChI=1S/C25H25N3O5/c29-23-9-8-21(24(30)26-23)28-15-20-19(25(28)31)2-1-3-22(20)33-16-18-6-4-17(5-7-18)14-27-10-12-32-13-11-27/h2,4-7,21H,8-16H2,(H,26,29,30). The Balaban J connectivity index is 1.23. The van der Waals surface area contributed by atoms with Crippen molar-refractivity contribution in [3.63, 3.8) is 0 Å². The second-order valence-corrected chi connectivity index (χ2v) is 8.53. The maximum absolute atomic E-state index is 12.9. The molecule has 0 radical (unpaired) electrons. The number of fused-ring (bicyclic) bond motifs is 1. The zero-order valence-electron chi connectivity index (χ0n) is 18.3. The molecule has 8 nitrogen and oxygen atoms in total. The highest BCUT2D eigenvalue weighted by Gasteiger charge is 2.40. The Morgan fingerprint density at radius 1 is 1.09 bits per heavy atom. The summed E-state index contributed by atoms with van der Waals surface area (Å²) in [6, 6.07) is 15.0. The lowest BCUT2D eigenvalue weighted by molar-refractivity contribution is -0.136. The Hall–Kier alpha value is -3.41. The lowest BCUT2D eigenvalue weighted by Gasteiger charge is -2.29. The Morgan fingerprint density at radius 3 is 2.61 bits per heavy atom. The molecule has 2 fully saturated rings. The van der Waals surface area contributed by atoms with E-state index in [2.05, 4.69) is 34.5 Å². The van der Waals surface area contributed by atoms with Crippen LogP contribution in [0.1, 0.15) is 39.9 Å². The molecule has 0 aliphatic carbocycles. The minimum Gasteiger partial charge on any atom is -0.480 e. The molecule has 0 aromatic heterocycles. The van der Waals surface area contributed by atoms with Crippen LogP contribution in [0, 0.1) is 12.1 Å². The molecule has 1 N–H and O–H groups in total. The van der Waals surface area contributed by atoms with E-state index in [0.29, 0.717) is 29.9 Å². The number of morpholine rings is 1. The molecule has 170 valence electrons. The number of rotatable bonds is 6. The molecular formula is C25H25N3O5. The van der Waals surface area contributed by atoms with Crippen LogP contribution in [0.2, 0.25) is 0 Å². The summed E-state index contributed by atoms with van der Waals surface area (Å²) in [4.78, 5) is 40.5. The summed E-state index contributed by atoms with van der Waals surface area (Å²) in [5.74, 6) is -0.517. The SMILES string of the molecule is O=C1CCC(N2Cc3c(OCc4ccc(CN5CCOCC5)cc4)c#ccc3C2=O)C(=O)N1. The Morgan fingerprint density at radius 2 is 1.85 bits per heavy atom. The maximum atomic E-state index is 12.9. The Kier molecular flexibility index (Phi) is 5.99. The van der Waals surface area contributed by atoms with Gasteiger partial charge in [-0.05, 0) is 23.6 Å². The molecule has 2 aromatic rings. The predicted octanol–water partition coefficient (Wildman–Crippen LogP) is 1.46. The first kappa shape index (κ1) is 21.4. The topological polar surface area (TPSA) is 88.2 Å². The number of nitrogens with zero attached hydrogens (tertiary/aromatic N) is 2. The van der Waals surface area contributed by atoms with E-state index >= 15 is 0 Å². The number of hydrogen-bond donors (Lipinski definition) is 1. The second kappa shape index (κ2) is 9.22. The highest BCUT2D eigenvalue weighted by Crippen LogP contribution is 2.32. The van der Waals surface area contributed by atoms with E-state index < -0.39 is 11.9 Å². The van der Waals surface area contributed by atoms with Crippen molar-refractivity contribution < 1.29 is 23.9 Å². The monoisotopic (exact) mass is 447 g/mol. The van der Waals surface area contributed by atoms with Crippen molar-refractivity contribution in [2.45, 2.75) is 38.6 Å². The summed E-state index contributed by atoms with van der Waals surface area (Å²) in [7, 11) is 0. The highest BCUT2D eigenvalue weighted by atomic mass is 16.5. The van der Waals surface area contributed by atoms with Gasteiger partial charge in [-0.1, -0.05) is 30.3 Å². The molecule has 8 heteroatoms. The number of amides is 3. The first-order valence-electron chi connectivity index (χ1n) is 11.2. The van der Waals surface area contributed by atoms with Crippen LogP contribution < -0.4 is 10.1 Å². The van der Waals surface area contributed by atoms with E-state index in [0.717, 1.165) is 38.4 Å². The molecule has 2 aromatic carbocycles. The first-order valence-corrected chi connectivity index (χ1v) is 11.2. The van der Waals surface area contributed by atoms with Crippen molar-refractivity contribution in [1.82, 2.24) is 15.1 Å². The second-order valence-electron chi connectivity index (χ2n) is 8.53. The molecule has 2 saturated heterocycles. The van der Waals surface area contributed by atoms with Crippen LogP contribution in [0.25, 0.3) is 0 Å². The number of ether oxygens (including phenoxy) is 2. The van der Waals surface area contributed by atoms with E-state index in [1.165, 1.54) is 10.5 Å². The van der Waals surface area contributed by atoms with Gasteiger partial charge in [-0.25, -0.2) is 0 Å². The number of piperidine rings is 1. The van der Waals surface area contributed by atoms with Gasteiger partial charge in [0.25, 0.3) is 5.91 Å². The molecule has 3 heterocycles. The van der Waals surface area contributed by atoms with Gasteiger partial charge in [0, 0.05) is 37.7 Å². The van der Waals surface area contributed by atoms with Crippen molar-refractivity contribution in [1.29, 1.82) is 0 Å². The minimum absolute atomic E-state index is 0.222. The summed E-state index contributed by atoms with van der Waals surface area (Å²) in [6.45, 7) is 4.95. The summed E-state index contributed by atoms with van der Waals surface area (Å²) in [6.07, 6.45) is 0.546. The van der Waals surface area contributed by atoms with E-state index in [1.807, 2.05) is 12.1 Å². The average molecular weight is 447 g/mol. The van der Waals surface area contributed by atoms with Crippen molar-refractivity contribution in [2.75, 3.05) is 26.3 Å². The van der Waals surface area contributed by atoms with Gasteiger partial charge in [0.1, 0.15) is 12.6 Å². The highest BCUT2D eigenvalue weighted by molar-refractivity contribution is 6.05. The number of nitrogens with one attached hydrogen (secondary N) is 1. The third-order valence-corrected chi connectivity index (χ3v) is 6.32. The van der Waals surface area contributed by atoms with Crippen LogP contribution in [0.4, 0.5) is 0 Å². The quantitative estimate of drug-likeness (QED) is 0.675. The van der Waals surface area contributed by atoms with Gasteiger partial charge in [-0.2, -0.15) is 0 Å². The molecule has 1 atom stereocenters. The van der Waals surface area contributed by atoms with Crippen molar-refractivity contribution >= 4 is 17.7 Å². The van der Waals surface area contributed by atoms with E-state index in [-0.39, 0.29) is 24.8 Å². The zero-order valence-corrected chi connectivity index (χ0v) is 18.3. The third kappa shape index (κ3) is 4.56. The zero-order chi connectivity index (χ0) is 22.8. The first-order chi connectivity index (χ1) is 16.1. The molecule has 33 heavy (non-hydrogen) atoms. The van der Waals surface area contributed by atoms with Crippen molar-refractivity contribution in [3.05, 3.63) is 64.7 Å². The number of hydrogen-bond acceptors (Lipinski definition) is 6. The van der Waals surface area contributed by atoms with Gasteiger partial charge in [-0.3, -0.25) is 24.6 Å². The van der Waals surface area contributed by atoms with Crippen LogP contribution in [-0.4, -0.2) is 59.9 Å². The fourth-order valence-electron chi connectivity index (χ4n) is 4.47. The molecule has 0 saturated carbocycles.